The van der Waals surface area contributed by atoms with Gasteiger partial charge in [0.25, 0.3) is 17.7 Å². The molecule has 442 valence electrons. The van der Waals surface area contributed by atoms with Crippen LogP contribution in [-0.2, 0) is 48.5 Å². The molecule has 14 rings (SSSR count). The van der Waals surface area contributed by atoms with Crippen molar-refractivity contribution in [3.63, 3.8) is 0 Å². The van der Waals surface area contributed by atoms with E-state index >= 15 is 0 Å². The Morgan fingerprint density at radius 1 is 0.671 bits per heavy atom. The molecule has 4 amide bonds. The minimum absolute atomic E-state index is 0. The van der Waals surface area contributed by atoms with Crippen LogP contribution in [0.1, 0.15) is 130 Å². The van der Waals surface area contributed by atoms with Crippen LogP contribution in [0.2, 0.25) is 0 Å². The summed E-state index contributed by atoms with van der Waals surface area (Å²) in [5.41, 5.74) is 23.5. The van der Waals surface area contributed by atoms with Crippen LogP contribution in [0.4, 0.5) is 4.70 Å². The number of nitrogens with two attached hydrogens (primary N) is 1. The molecule has 0 saturated carbocycles. The molecule has 6 atom stereocenters. The topological polar surface area (TPSA) is 227 Å². The van der Waals surface area contributed by atoms with Gasteiger partial charge in [0.2, 0.25) is 11.1 Å². The number of nitrogens with one attached hydrogen (secondary N) is 7. The molecule has 3 aromatic heterocycles. The number of aldehydes is 1. The van der Waals surface area contributed by atoms with Gasteiger partial charge in [-0.1, -0.05) is 114 Å². The average Bonchev–Trinajstić information content (AvgIpc) is 1.84. The molecule has 0 fully saturated rings. The van der Waals surface area contributed by atoms with Crippen molar-refractivity contribution in [3.05, 3.63) is 212 Å². The predicted molar refractivity (Wildman–Crippen MR) is 349 cm³/mol. The molecule has 0 saturated heterocycles. The predicted octanol–water partition coefficient (Wildman–Crippen LogP) is 11.7. The number of aromatic nitrogens is 3. The third kappa shape index (κ3) is 14.2. The summed E-state index contributed by atoms with van der Waals surface area (Å²) < 4.78 is 0. The number of H-pyrrole nitrogens is 3. The van der Waals surface area contributed by atoms with Gasteiger partial charge in [0.15, 0.2) is 0 Å². The van der Waals surface area contributed by atoms with Crippen LogP contribution in [0.5, 0.6) is 0 Å². The van der Waals surface area contributed by atoms with Crippen LogP contribution in [0, 0.1) is 0 Å². The number of hydrogen-bond acceptors (Lipinski definition) is 8. The summed E-state index contributed by atoms with van der Waals surface area (Å²) in [7, 11) is 0. The Labute approximate surface area is 521 Å². The van der Waals surface area contributed by atoms with E-state index in [0.29, 0.717) is 42.4 Å². The summed E-state index contributed by atoms with van der Waals surface area (Å²) >= 11 is 17.6. The number of nitrogens with zero attached hydrogens (tertiary/aromatic N) is 1. The van der Waals surface area contributed by atoms with Crippen LogP contribution in [0.3, 0.4) is 0 Å². The molecule has 5 aliphatic heterocycles. The van der Waals surface area contributed by atoms with Gasteiger partial charge in [0.05, 0.1) is 18.0 Å². The number of amides is 4. The molecule has 0 aliphatic carbocycles. The van der Waals surface area contributed by atoms with E-state index in [2.05, 4.69) is 146 Å². The normalized spacial score (nSPS) is 17.7. The van der Waals surface area contributed by atoms with Crippen LogP contribution in [-0.4, -0.2) is 84.9 Å². The SMILES string of the molecule is C[C@H](N)Cc1c[nH]c2ccccc12.C[C@H]1Cc2c([nH]c3ccccc23)[C@H](c2ccc3c(c2)CNC3=O)N1.C[C@H]1Cc2c([nH]c3ccccc23)[C@H](c2ccc3c(c2)CNC3=O)N1C(=O)CCl.F.O=C(Cl)CCl.O=Cc1ccc2c(c1)CNC2=O.PI. The summed E-state index contributed by atoms with van der Waals surface area (Å²) in [5.74, 6) is -0.296. The third-order valence-corrected chi connectivity index (χ3v) is 16.2. The molecule has 0 radical (unpaired) electrons. The van der Waals surface area contributed by atoms with Crippen molar-refractivity contribution in [3.8, 4) is 0 Å². The Balaban J connectivity index is 0.000000149. The van der Waals surface area contributed by atoms with E-state index < -0.39 is 5.24 Å². The molecular formula is C64H65Cl3FIN9O6P. The Kier molecular flexibility index (Phi) is 21.8. The second kappa shape index (κ2) is 29.0. The average molecular weight is 1340 g/mol. The first-order valence-corrected chi connectivity index (χ1v) is 33.0. The standard InChI is InChI=1S/C22H20ClN3O2.C20H19N3O.C11H14N2.C9H7NO2.C2H2Cl2O.FH.H2IP/c1-12-8-17-16-4-2-3-5-18(16)25-20(17)21(26(12)19(27)10-23)13-6-7-15-14(9-13)11-24-22(15)28;1-11-8-16-15-4-2-3-5-17(15)23-19(16)18(22-11)12-6-7-14-13(9-12)10-21-20(14)24;1-8(12)6-9-7-13-11-5-3-2-4-10(9)11;11-5-6-1-2-8-7(3-6)4-10-9(8)12;3-1-2(4)5;;1-2/h2-7,9,12,21,25H,8,10-11H2,1H3,(H,24,28);2-7,9,11,18,22-23H,8,10H2,1H3,(H,21,24);2-5,7-8,13H,6,12H2,1H3;1-3,5H,4H2,(H,10,12);1H2;1H;2H2/t12-,21-;11-,18-;8-;;;;/m000..../s1. The van der Waals surface area contributed by atoms with E-state index in [1.54, 1.807) is 18.2 Å². The number of carbonyl (C=O) groups is 6. The van der Waals surface area contributed by atoms with Gasteiger partial charge in [-0.2, -0.15) is 0 Å². The molecule has 8 heterocycles. The number of halogens is 5. The van der Waals surface area contributed by atoms with E-state index in [-0.39, 0.29) is 64.3 Å². The zero-order valence-corrected chi connectivity index (χ0v) is 52.4. The van der Waals surface area contributed by atoms with E-state index in [1.807, 2.05) is 60.5 Å². The van der Waals surface area contributed by atoms with Crippen molar-refractivity contribution in [2.24, 2.45) is 5.73 Å². The number of carbonyl (C=O) groups excluding carboxylic acids is 6. The zero-order valence-electron chi connectivity index (χ0n) is 46.8. The lowest BCUT2D eigenvalue weighted by atomic mass is 9.87. The maximum Gasteiger partial charge on any atom is 0.251 e. The highest BCUT2D eigenvalue weighted by atomic mass is 127. The van der Waals surface area contributed by atoms with Gasteiger partial charge in [0, 0.05) is 110 Å². The Morgan fingerprint density at radius 3 is 1.69 bits per heavy atom. The lowest BCUT2D eigenvalue weighted by Gasteiger charge is -2.41. The van der Waals surface area contributed by atoms with Gasteiger partial charge in [0.1, 0.15) is 12.2 Å². The highest BCUT2D eigenvalue weighted by Crippen LogP contribution is 2.42. The maximum absolute atomic E-state index is 12.8. The van der Waals surface area contributed by atoms with Crippen LogP contribution < -0.4 is 27.0 Å². The molecule has 21 heteroatoms. The van der Waals surface area contributed by atoms with Crippen molar-refractivity contribution in [1.29, 1.82) is 0 Å². The smallest absolute Gasteiger partial charge is 0.251 e. The van der Waals surface area contributed by atoms with Crippen molar-refractivity contribution in [1.82, 2.24) is 41.1 Å². The van der Waals surface area contributed by atoms with Gasteiger partial charge < -0.3 is 46.9 Å². The molecule has 9 N–H and O–H groups in total. The zero-order chi connectivity index (χ0) is 59.8. The Morgan fingerprint density at radius 2 is 1.15 bits per heavy atom. The number of fused-ring (bicyclic) bond motifs is 10. The summed E-state index contributed by atoms with van der Waals surface area (Å²) in [5, 5.41) is 15.5. The second-order valence-corrected chi connectivity index (χ2v) is 22.1. The second-order valence-electron chi connectivity index (χ2n) is 21.2. The van der Waals surface area contributed by atoms with Crippen molar-refractivity contribution in [2.75, 3.05) is 11.8 Å². The number of aromatic amines is 3. The first-order chi connectivity index (χ1) is 40.6. The highest BCUT2D eigenvalue weighted by molar-refractivity contribution is 14.2. The monoisotopic (exact) mass is 1340 g/mol. The molecule has 85 heavy (non-hydrogen) atoms. The van der Waals surface area contributed by atoms with Gasteiger partial charge in [-0.3, -0.25) is 33.5 Å². The molecule has 6 aromatic carbocycles. The van der Waals surface area contributed by atoms with Crippen LogP contribution in [0.15, 0.2) is 134 Å². The highest BCUT2D eigenvalue weighted by Gasteiger charge is 2.39. The van der Waals surface area contributed by atoms with E-state index in [0.717, 1.165) is 64.6 Å². The number of benzene rings is 6. The number of rotatable bonds is 7. The lowest BCUT2D eigenvalue weighted by Crippen LogP contribution is -2.47. The van der Waals surface area contributed by atoms with Crippen molar-refractivity contribution < 1.29 is 33.5 Å². The molecule has 15 nitrogen and oxygen atoms in total. The van der Waals surface area contributed by atoms with Gasteiger partial charge >= 0.3 is 0 Å². The fraction of sp³-hybridized carbons (Fsp3) is 0.250. The fourth-order valence-electron chi connectivity index (χ4n) is 11.8. The van der Waals surface area contributed by atoms with Crippen LogP contribution >= 0.6 is 63.7 Å². The first-order valence-electron chi connectivity index (χ1n) is 27.4. The fourth-order valence-corrected chi connectivity index (χ4v) is 11.9. The van der Waals surface area contributed by atoms with E-state index in [1.165, 1.54) is 55.1 Å². The summed E-state index contributed by atoms with van der Waals surface area (Å²) in [6.45, 7) is 10.4. The number of hydrogen-bond donors (Lipinski definition) is 8. The Hall–Kier alpha value is -6.96. The molecule has 9 aromatic rings. The van der Waals surface area contributed by atoms with Crippen molar-refractivity contribution in [2.45, 2.75) is 89.9 Å². The van der Waals surface area contributed by atoms with E-state index in [9.17, 15) is 28.8 Å². The Bertz CT molecular complexity index is 3950. The quantitative estimate of drug-likeness (QED) is 0.0251. The van der Waals surface area contributed by atoms with E-state index in [4.69, 9.17) is 40.5 Å². The minimum atomic E-state index is -0.508. The summed E-state index contributed by atoms with van der Waals surface area (Å²) in [4.78, 5) is 79.7. The number of para-hydroxylation sites is 3. The van der Waals surface area contributed by atoms with Crippen molar-refractivity contribution >= 4 is 132 Å². The molecule has 5 aliphatic rings. The van der Waals surface area contributed by atoms with Crippen LogP contribution in [0.25, 0.3) is 32.7 Å². The molecule has 0 spiro atoms. The first kappa shape index (κ1) is 64.0. The number of alkyl halides is 2. The molecular weight excluding hydrogens is 1270 g/mol. The minimum Gasteiger partial charge on any atom is -0.361 e. The van der Waals surface area contributed by atoms with Gasteiger partial charge in [-0.05, 0) is 139 Å². The van der Waals surface area contributed by atoms with Gasteiger partial charge in [-0.15, -0.1) is 23.2 Å². The molecule has 1 unspecified atom stereocenters. The lowest BCUT2D eigenvalue weighted by molar-refractivity contribution is -0.133. The third-order valence-electron chi connectivity index (χ3n) is 15.4. The maximum atomic E-state index is 12.8. The molecule has 0 bridgehead atoms. The largest absolute Gasteiger partial charge is 0.361 e. The summed E-state index contributed by atoms with van der Waals surface area (Å²) in [6.07, 6.45) is 5.57. The summed E-state index contributed by atoms with van der Waals surface area (Å²) in [6, 6.07) is 42.7. The van der Waals surface area contributed by atoms with Gasteiger partial charge in [-0.25, -0.2) is 0 Å².